The van der Waals surface area contributed by atoms with E-state index < -0.39 is 5.60 Å². The molecule has 3 aromatic rings. The predicted molar refractivity (Wildman–Crippen MR) is 145 cm³/mol. The first-order valence-electron chi connectivity index (χ1n) is 12.2. The van der Waals surface area contributed by atoms with Crippen molar-refractivity contribution in [3.05, 3.63) is 76.5 Å². The fourth-order valence-electron chi connectivity index (χ4n) is 3.67. The van der Waals surface area contributed by atoms with Gasteiger partial charge in [-0.05, 0) is 71.5 Å². The van der Waals surface area contributed by atoms with Crippen molar-refractivity contribution < 1.29 is 5.11 Å². The molecule has 0 fully saturated rings. The van der Waals surface area contributed by atoms with Crippen molar-refractivity contribution in [3.63, 3.8) is 0 Å². The Hall–Kier alpha value is -3.56. The highest BCUT2D eigenvalue weighted by atomic mass is 16.3. The van der Waals surface area contributed by atoms with Crippen LogP contribution in [0.1, 0.15) is 46.2 Å². The first-order chi connectivity index (χ1) is 17.0. The Morgan fingerprint density at radius 2 is 2.00 bits per heavy atom. The molecular formula is C27H37N7O2. The molecule has 0 aliphatic heterocycles. The van der Waals surface area contributed by atoms with Gasteiger partial charge in [0.05, 0.1) is 5.69 Å². The number of nitrogens with one attached hydrogen (secondary N) is 1. The standard InChI is InChI=1S/C27H37N7O2/c1-8-16-33-25(35)21-18-28-26(29-19(3)13-14-20(9-2)15-17-32(6)7)31-24(21)34(33)23-12-10-11-22(30-23)27(4,5)36/h9-14,18,36H,2,8,15-17H2,1,3-7H3,(H,28,29,31)/b19-13+,20-14+. The number of aliphatic hydroxyl groups is 1. The van der Waals surface area contributed by atoms with E-state index in [0.717, 1.165) is 30.7 Å². The zero-order valence-electron chi connectivity index (χ0n) is 22.1. The lowest BCUT2D eigenvalue weighted by Crippen LogP contribution is -2.24. The van der Waals surface area contributed by atoms with Crippen molar-refractivity contribution in [1.29, 1.82) is 0 Å². The van der Waals surface area contributed by atoms with Gasteiger partial charge < -0.3 is 15.3 Å². The van der Waals surface area contributed by atoms with Crippen LogP contribution >= 0.6 is 0 Å². The Balaban J connectivity index is 2.04. The molecule has 9 heteroatoms. The minimum atomic E-state index is -1.12. The number of allylic oxidation sites excluding steroid dienone is 4. The third kappa shape index (κ3) is 6.35. The van der Waals surface area contributed by atoms with Gasteiger partial charge in [0.25, 0.3) is 5.56 Å². The van der Waals surface area contributed by atoms with Crippen LogP contribution in [0.5, 0.6) is 0 Å². The lowest BCUT2D eigenvalue weighted by Gasteiger charge is -2.18. The summed E-state index contributed by atoms with van der Waals surface area (Å²) in [5.41, 5.74) is 1.63. The summed E-state index contributed by atoms with van der Waals surface area (Å²) in [6, 6.07) is 5.38. The van der Waals surface area contributed by atoms with Gasteiger partial charge in [-0.2, -0.15) is 4.98 Å². The maximum Gasteiger partial charge on any atom is 0.278 e. The number of nitrogens with zero attached hydrogens (tertiary/aromatic N) is 6. The summed E-state index contributed by atoms with van der Waals surface area (Å²) in [6.45, 7) is 12.6. The van der Waals surface area contributed by atoms with Gasteiger partial charge in [-0.1, -0.05) is 31.7 Å². The Morgan fingerprint density at radius 1 is 1.25 bits per heavy atom. The van der Waals surface area contributed by atoms with Crippen molar-refractivity contribution in [2.24, 2.45) is 0 Å². The third-order valence-electron chi connectivity index (χ3n) is 5.66. The Labute approximate surface area is 212 Å². The highest BCUT2D eigenvalue weighted by molar-refractivity contribution is 5.76. The molecule has 3 rings (SSSR count). The molecule has 0 aromatic carbocycles. The summed E-state index contributed by atoms with van der Waals surface area (Å²) in [4.78, 5) is 29.0. The molecule has 0 spiro atoms. The van der Waals surface area contributed by atoms with Crippen LogP contribution in [-0.2, 0) is 12.1 Å². The van der Waals surface area contributed by atoms with Gasteiger partial charge >= 0.3 is 0 Å². The van der Waals surface area contributed by atoms with E-state index in [-0.39, 0.29) is 5.56 Å². The minimum absolute atomic E-state index is 0.180. The van der Waals surface area contributed by atoms with E-state index in [9.17, 15) is 9.90 Å². The van der Waals surface area contributed by atoms with Crippen LogP contribution in [0, 0.1) is 0 Å². The smallest absolute Gasteiger partial charge is 0.278 e. The second kappa shape index (κ2) is 11.5. The van der Waals surface area contributed by atoms with Gasteiger partial charge in [0.1, 0.15) is 11.0 Å². The summed E-state index contributed by atoms with van der Waals surface area (Å²) < 4.78 is 3.32. The monoisotopic (exact) mass is 491 g/mol. The van der Waals surface area contributed by atoms with Gasteiger partial charge in [-0.15, -0.1) is 0 Å². The number of pyridine rings is 1. The number of hydrogen-bond donors (Lipinski definition) is 2. The van der Waals surface area contributed by atoms with Crippen LogP contribution in [0.3, 0.4) is 0 Å². The highest BCUT2D eigenvalue weighted by Crippen LogP contribution is 2.21. The molecule has 0 aliphatic rings. The maximum atomic E-state index is 13.2. The fraction of sp³-hybridized carbons (Fsp3) is 0.407. The van der Waals surface area contributed by atoms with E-state index in [1.807, 2.05) is 52.2 Å². The molecule has 0 radical (unpaired) electrons. The molecule has 0 atom stereocenters. The molecule has 0 bridgehead atoms. The Kier molecular flexibility index (Phi) is 8.60. The normalized spacial score (nSPS) is 13.0. The molecule has 192 valence electrons. The number of fused-ring (bicyclic) bond motifs is 1. The summed E-state index contributed by atoms with van der Waals surface area (Å²) in [5.74, 6) is 0.880. The van der Waals surface area contributed by atoms with Crippen LogP contribution in [0.15, 0.2) is 65.3 Å². The zero-order valence-corrected chi connectivity index (χ0v) is 22.1. The predicted octanol–water partition coefficient (Wildman–Crippen LogP) is 3.99. The van der Waals surface area contributed by atoms with Gasteiger partial charge in [-0.3, -0.25) is 4.79 Å². The summed E-state index contributed by atoms with van der Waals surface area (Å²) in [7, 11) is 4.08. The van der Waals surface area contributed by atoms with Crippen molar-refractivity contribution >= 4 is 17.0 Å². The molecule has 9 nitrogen and oxygen atoms in total. The van der Waals surface area contributed by atoms with Gasteiger partial charge in [0.2, 0.25) is 5.95 Å². The van der Waals surface area contributed by atoms with Crippen molar-refractivity contribution in [2.75, 3.05) is 26.0 Å². The number of aromatic nitrogens is 5. The minimum Gasteiger partial charge on any atom is -0.384 e. The first kappa shape index (κ1) is 27.0. The molecular weight excluding hydrogens is 454 g/mol. The second-order valence-electron chi connectivity index (χ2n) is 9.58. The number of hydrogen-bond acceptors (Lipinski definition) is 7. The van der Waals surface area contributed by atoms with Crippen LogP contribution in [0.4, 0.5) is 5.95 Å². The van der Waals surface area contributed by atoms with Crippen LogP contribution in [0.25, 0.3) is 16.9 Å². The lowest BCUT2D eigenvalue weighted by atomic mass is 10.1. The van der Waals surface area contributed by atoms with Crippen molar-refractivity contribution in [2.45, 2.75) is 52.7 Å². The molecule has 2 N–H and O–H groups in total. The molecule has 0 aliphatic carbocycles. The van der Waals surface area contributed by atoms with Crippen molar-refractivity contribution in [3.8, 4) is 5.82 Å². The summed E-state index contributed by atoms with van der Waals surface area (Å²) >= 11 is 0. The van der Waals surface area contributed by atoms with E-state index in [0.29, 0.717) is 35.0 Å². The molecule has 3 heterocycles. The number of rotatable bonds is 11. The largest absolute Gasteiger partial charge is 0.384 e. The molecule has 0 amide bonds. The van der Waals surface area contributed by atoms with Crippen LogP contribution in [0.2, 0.25) is 0 Å². The SMILES string of the molecule is C=C/C(=C\C=C(/C)Nc1ncc2c(=O)n(CCC)n(-c3cccc(C(C)(C)O)n3)c2n1)CCN(C)C. The number of anilines is 1. The van der Waals surface area contributed by atoms with Gasteiger partial charge in [0, 0.05) is 25.0 Å². The zero-order chi connectivity index (χ0) is 26.5. The van der Waals surface area contributed by atoms with E-state index in [1.165, 1.54) is 0 Å². The molecule has 0 saturated heterocycles. The first-order valence-corrected chi connectivity index (χ1v) is 12.2. The van der Waals surface area contributed by atoms with Gasteiger partial charge in [0.15, 0.2) is 11.5 Å². The average Bonchev–Trinajstić information content (AvgIpc) is 3.09. The topological polar surface area (TPSA) is 101 Å². The van der Waals surface area contributed by atoms with E-state index in [2.05, 4.69) is 31.7 Å². The molecule has 0 saturated carbocycles. The molecule has 36 heavy (non-hydrogen) atoms. The lowest BCUT2D eigenvalue weighted by molar-refractivity contribution is 0.0738. The second-order valence-corrected chi connectivity index (χ2v) is 9.58. The Morgan fingerprint density at radius 3 is 2.64 bits per heavy atom. The third-order valence-corrected chi connectivity index (χ3v) is 5.66. The average molecular weight is 492 g/mol. The van der Waals surface area contributed by atoms with E-state index in [1.54, 1.807) is 41.5 Å². The molecule has 3 aromatic heterocycles. The van der Waals surface area contributed by atoms with Crippen molar-refractivity contribution in [1.82, 2.24) is 29.2 Å². The van der Waals surface area contributed by atoms with Gasteiger partial charge in [-0.25, -0.2) is 19.3 Å². The van der Waals surface area contributed by atoms with Crippen LogP contribution in [-0.4, -0.2) is 55.0 Å². The highest BCUT2D eigenvalue weighted by Gasteiger charge is 2.21. The summed E-state index contributed by atoms with van der Waals surface area (Å²) in [5, 5.41) is 14.1. The van der Waals surface area contributed by atoms with E-state index in [4.69, 9.17) is 0 Å². The van der Waals surface area contributed by atoms with E-state index >= 15 is 0 Å². The van der Waals surface area contributed by atoms with Crippen LogP contribution < -0.4 is 10.9 Å². The Bertz CT molecular complexity index is 1340. The molecule has 0 unspecified atom stereocenters. The quantitative estimate of drug-likeness (QED) is 0.391. The fourth-order valence-corrected chi connectivity index (χ4v) is 3.67. The maximum absolute atomic E-state index is 13.2. The summed E-state index contributed by atoms with van der Waals surface area (Å²) in [6.07, 6.45) is 9.05.